The fourth-order valence-corrected chi connectivity index (χ4v) is 2.03. The maximum atomic E-state index is 4.51. The SMILES string of the molecule is CC1=C(c2cc(C)c(C)cn2)CCC1. The fraction of sp³-hybridized carbons (Fsp3) is 0.462. The topological polar surface area (TPSA) is 12.9 Å². The second kappa shape index (κ2) is 3.56. The zero-order valence-corrected chi connectivity index (χ0v) is 9.22. The minimum Gasteiger partial charge on any atom is -0.256 e. The predicted octanol–water partition coefficient (Wildman–Crippen LogP) is 3.66. The molecule has 0 aliphatic heterocycles. The van der Waals surface area contributed by atoms with Gasteiger partial charge in [0, 0.05) is 6.20 Å². The van der Waals surface area contributed by atoms with Crippen molar-refractivity contribution >= 4 is 5.57 Å². The lowest BCUT2D eigenvalue weighted by molar-refractivity contribution is 0.908. The first-order chi connectivity index (χ1) is 6.68. The molecule has 0 atom stereocenters. The quantitative estimate of drug-likeness (QED) is 0.654. The summed E-state index contributed by atoms with van der Waals surface area (Å²) in [6, 6.07) is 2.22. The van der Waals surface area contributed by atoms with Gasteiger partial charge in [0.2, 0.25) is 0 Å². The lowest BCUT2D eigenvalue weighted by Crippen LogP contribution is -1.91. The summed E-state index contributed by atoms with van der Waals surface area (Å²) in [5, 5.41) is 0. The van der Waals surface area contributed by atoms with E-state index in [9.17, 15) is 0 Å². The van der Waals surface area contributed by atoms with Gasteiger partial charge in [0.1, 0.15) is 0 Å². The average Bonchev–Trinajstić information content (AvgIpc) is 2.57. The Balaban J connectivity index is 2.42. The smallest absolute Gasteiger partial charge is 0.0663 e. The molecule has 0 spiro atoms. The Hall–Kier alpha value is -1.11. The lowest BCUT2D eigenvalue weighted by Gasteiger charge is -2.06. The van der Waals surface area contributed by atoms with Crippen molar-refractivity contribution in [3.05, 3.63) is 34.7 Å². The first kappa shape index (κ1) is 9.45. The molecule has 1 heterocycles. The summed E-state index contributed by atoms with van der Waals surface area (Å²) in [5.41, 5.74) is 6.84. The van der Waals surface area contributed by atoms with Crippen LogP contribution in [0.1, 0.15) is 43.0 Å². The molecule has 74 valence electrons. The summed E-state index contributed by atoms with van der Waals surface area (Å²) >= 11 is 0. The molecule has 0 unspecified atom stereocenters. The van der Waals surface area contributed by atoms with Crippen LogP contribution in [0.3, 0.4) is 0 Å². The highest BCUT2D eigenvalue weighted by Gasteiger charge is 2.13. The first-order valence-corrected chi connectivity index (χ1v) is 5.30. The minimum atomic E-state index is 1.20. The molecule has 1 nitrogen and oxygen atoms in total. The van der Waals surface area contributed by atoms with Crippen molar-refractivity contribution < 1.29 is 0 Å². The molecule has 1 heteroatoms. The van der Waals surface area contributed by atoms with Crippen LogP contribution in [0.2, 0.25) is 0 Å². The monoisotopic (exact) mass is 187 g/mol. The van der Waals surface area contributed by atoms with Crippen LogP contribution in [0.4, 0.5) is 0 Å². The number of pyridine rings is 1. The van der Waals surface area contributed by atoms with Crippen LogP contribution in [-0.4, -0.2) is 4.98 Å². The van der Waals surface area contributed by atoms with Gasteiger partial charge < -0.3 is 0 Å². The second-order valence-electron chi connectivity index (χ2n) is 4.27. The van der Waals surface area contributed by atoms with Gasteiger partial charge in [-0.2, -0.15) is 0 Å². The number of allylic oxidation sites excluding steroid dienone is 2. The minimum absolute atomic E-state index is 1.20. The molecule has 0 saturated carbocycles. The molecule has 1 aliphatic carbocycles. The number of aryl methyl sites for hydroxylation is 2. The molecule has 0 aromatic carbocycles. The van der Waals surface area contributed by atoms with E-state index in [0.29, 0.717) is 0 Å². The van der Waals surface area contributed by atoms with Crippen LogP contribution in [0, 0.1) is 13.8 Å². The second-order valence-corrected chi connectivity index (χ2v) is 4.27. The zero-order valence-electron chi connectivity index (χ0n) is 9.22. The van der Waals surface area contributed by atoms with E-state index in [1.807, 2.05) is 6.20 Å². The Kier molecular flexibility index (Phi) is 2.40. The highest BCUT2D eigenvalue weighted by Crippen LogP contribution is 2.32. The van der Waals surface area contributed by atoms with Crippen molar-refractivity contribution in [2.45, 2.75) is 40.0 Å². The summed E-state index contributed by atoms with van der Waals surface area (Å²) in [6.07, 6.45) is 5.75. The van der Waals surface area contributed by atoms with E-state index in [1.54, 1.807) is 0 Å². The van der Waals surface area contributed by atoms with Crippen LogP contribution in [-0.2, 0) is 0 Å². The van der Waals surface area contributed by atoms with Gasteiger partial charge in [0.25, 0.3) is 0 Å². The van der Waals surface area contributed by atoms with E-state index >= 15 is 0 Å². The highest BCUT2D eigenvalue weighted by atomic mass is 14.7. The van der Waals surface area contributed by atoms with Gasteiger partial charge in [0.15, 0.2) is 0 Å². The van der Waals surface area contributed by atoms with Crippen molar-refractivity contribution in [3.63, 3.8) is 0 Å². The third-order valence-electron chi connectivity index (χ3n) is 3.18. The van der Waals surface area contributed by atoms with Crippen LogP contribution >= 0.6 is 0 Å². The molecule has 1 aromatic rings. The summed E-state index contributed by atoms with van der Waals surface area (Å²) in [6.45, 7) is 6.51. The molecule has 0 amide bonds. The molecule has 1 aromatic heterocycles. The van der Waals surface area contributed by atoms with Gasteiger partial charge in [-0.05, 0) is 62.8 Å². The number of hydrogen-bond acceptors (Lipinski definition) is 1. The molecule has 1 aliphatic rings. The Bertz CT molecular complexity index is 388. The normalized spacial score (nSPS) is 16.5. The van der Waals surface area contributed by atoms with Gasteiger partial charge in [-0.1, -0.05) is 5.57 Å². The number of hydrogen-bond donors (Lipinski definition) is 0. The molecule has 0 bridgehead atoms. The van der Waals surface area contributed by atoms with Crippen molar-refractivity contribution in [1.82, 2.24) is 4.98 Å². The van der Waals surface area contributed by atoms with E-state index in [4.69, 9.17) is 0 Å². The summed E-state index contributed by atoms with van der Waals surface area (Å²) in [4.78, 5) is 4.51. The van der Waals surface area contributed by atoms with Gasteiger partial charge in [-0.3, -0.25) is 4.98 Å². The first-order valence-electron chi connectivity index (χ1n) is 5.30. The molecule has 0 N–H and O–H groups in total. The van der Waals surface area contributed by atoms with E-state index in [1.165, 1.54) is 47.2 Å². The van der Waals surface area contributed by atoms with E-state index in [2.05, 4.69) is 31.8 Å². The summed E-state index contributed by atoms with van der Waals surface area (Å²) in [7, 11) is 0. The highest BCUT2D eigenvalue weighted by molar-refractivity contribution is 5.68. The number of aromatic nitrogens is 1. The number of nitrogens with zero attached hydrogens (tertiary/aromatic N) is 1. The Labute approximate surface area is 85.9 Å². The average molecular weight is 187 g/mol. The summed E-state index contributed by atoms with van der Waals surface area (Å²) in [5.74, 6) is 0. The Morgan fingerprint density at radius 2 is 1.86 bits per heavy atom. The number of rotatable bonds is 1. The predicted molar refractivity (Wildman–Crippen MR) is 60.2 cm³/mol. The lowest BCUT2D eigenvalue weighted by atomic mass is 10.1. The van der Waals surface area contributed by atoms with Crippen molar-refractivity contribution in [1.29, 1.82) is 0 Å². The third-order valence-corrected chi connectivity index (χ3v) is 3.18. The molecular formula is C13H17N. The Morgan fingerprint density at radius 1 is 1.07 bits per heavy atom. The van der Waals surface area contributed by atoms with Gasteiger partial charge in [-0.15, -0.1) is 0 Å². The van der Waals surface area contributed by atoms with E-state index in [0.717, 1.165) is 0 Å². The molecule has 0 fully saturated rings. The molecular weight excluding hydrogens is 170 g/mol. The van der Waals surface area contributed by atoms with Crippen molar-refractivity contribution in [2.75, 3.05) is 0 Å². The molecule has 2 rings (SSSR count). The third kappa shape index (κ3) is 1.59. The van der Waals surface area contributed by atoms with Crippen molar-refractivity contribution in [2.24, 2.45) is 0 Å². The molecule has 0 radical (unpaired) electrons. The van der Waals surface area contributed by atoms with Gasteiger partial charge >= 0.3 is 0 Å². The van der Waals surface area contributed by atoms with Gasteiger partial charge in [-0.25, -0.2) is 0 Å². The summed E-state index contributed by atoms with van der Waals surface area (Å²) < 4.78 is 0. The van der Waals surface area contributed by atoms with E-state index < -0.39 is 0 Å². The van der Waals surface area contributed by atoms with Crippen LogP contribution < -0.4 is 0 Å². The molecule has 0 saturated heterocycles. The van der Waals surface area contributed by atoms with Crippen molar-refractivity contribution in [3.8, 4) is 0 Å². The van der Waals surface area contributed by atoms with Crippen LogP contribution in [0.5, 0.6) is 0 Å². The largest absolute Gasteiger partial charge is 0.256 e. The molecule has 14 heavy (non-hydrogen) atoms. The van der Waals surface area contributed by atoms with E-state index in [-0.39, 0.29) is 0 Å². The van der Waals surface area contributed by atoms with Crippen LogP contribution in [0.25, 0.3) is 5.57 Å². The van der Waals surface area contributed by atoms with Gasteiger partial charge in [0.05, 0.1) is 5.69 Å². The maximum absolute atomic E-state index is 4.51. The Morgan fingerprint density at radius 3 is 2.43 bits per heavy atom. The standard InChI is InChI=1S/C13H17N/c1-9-5-4-6-12(9)13-7-10(2)11(3)8-14-13/h7-8H,4-6H2,1-3H3. The zero-order chi connectivity index (χ0) is 10.1. The fourth-order valence-electron chi connectivity index (χ4n) is 2.03. The van der Waals surface area contributed by atoms with Crippen LogP contribution in [0.15, 0.2) is 17.8 Å². The maximum Gasteiger partial charge on any atom is 0.0663 e.